The molecule has 5 rings (SSSR count). The van der Waals surface area contributed by atoms with E-state index in [4.69, 9.17) is 9.47 Å². The Labute approximate surface area is 236 Å². The van der Waals surface area contributed by atoms with Crippen molar-refractivity contribution in [2.45, 2.75) is 91.0 Å². The molecule has 4 saturated carbocycles. The van der Waals surface area contributed by atoms with Crippen molar-refractivity contribution in [3.63, 3.8) is 0 Å². The van der Waals surface area contributed by atoms with E-state index in [1.54, 1.807) is 12.1 Å². The van der Waals surface area contributed by atoms with E-state index in [1.165, 1.54) is 64.9 Å². The predicted molar refractivity (Wildman–Crippen MR) is 154 cm³/mol. The van der Waals surface area contributed by atoms with Gasteiger partial charge in [0, 0.05) is 19.3 Å². The van der Waals surface area contributed by atoms with Gasteiger partial charge in [0.05, 0.1) is 24.3 Å². The number of hydrogen-bond donors (Lipinski definition) is 1. The topological polar surface area (TPSA) is 71.3 Å². The Morgan fingerprint density at radius 3 is 2.72 bits per heavy atom. The SMILES string of the molecule is CCOC[C@H]1CC[C@@H]2C3CC[C@@]4(C)C(CCC4[C@@H](C)NCCc4cc(C#N)ccc4C(=O)OC)[C@@H]3CC[C@@H]2C1. The monoisotopic (exact) mass is 534 g/mol. The maximum absolute atomic E-state index is 12.3. The molecule has 1 aromatic carbocycles. The van der Waals surface area contributed by atoms with Gasteiger partial charge in [0.25, 0.3) is 0 Å². The lowest BCUT2D eigenvalue weighted by Gasteiger charge is -2.57. The largest absolute Gasteiger partial charge is 0.465 e. The van der Waals surface area contributed by atoms with Crippen molar-refractivity contribution < 1.29 is 14.3 Å². The van der Waals surface area contributed by atoms with Crippen molar-refractivity contribution in [1.29, 1.82) is 5.26 Å². The molecule has 0 aliphatic heterocycles. The number of nitrogens with zero attached hydrogens (tertiary/aromatic N) is 1. The Morgan fingerprint density at radius 2 is 1.95 bits per heavy atom. The molecule has 214 valence electrons. The second-order valence-corrected chi connectivity index (χ2v) is 13.5. The summed E-state index contributed by atoms with van der Waals surface area (Å²) in [5, 5.41) is 13.2. The summed E-state index contributed by atoms with van der Waals surface area (Å²) in [5.41, 5.74) is 2.49. The molecule has 0 bridgehead atoms. The molecule has 0 amide bonds. The molecule has 1 aromatic rings. The third-order valence-electron chi connectivity index (χ3n) is 11.8. The molecule has 5 heteroatoms. The Kier molecular flexibility index (Phi) is 9.04. The molecule has 4 aliphatic carbocycles. The van der Waals surface area contributed by atoms with Crippen LogP contribution in [0.4, 0.5) is 0 Å². The molecule has 5 nitrogen and oxygen atoms in total. The first-order valence-corrected chi connectivity index (χ1v) is 15.8. The fourth-order valence-corrected chi connectivity index (χ4v) is 10.0. The highest BCUT2D eigenvalue weighted by atomic mass is 16.5. The predicted octanol–water partition coefficient (Wildman–Crippen LogP) is 6.79. The maximum Gasteiger partial charge on any atom is 0.338 e. The number of hydrogen-bond acceptors (Lipinski definition) is 5. The zero-order chi connectivity index (χ0) is 27.6. The van der Waals surface area contributed by atoms with Crippen LogP contribution in [0.3, 0.4) is 0 Å². The third-order valence-corrected chi connectivity index (χ3v) is 11.8. The summed E-state index contributed by atoms with van der Waals surface area (Å²) in [7, 11) is 1.41. The van der Waals surface area contributed by atoms with Gasteiger partial charge in [-0.2, -0.15) is 5.26 Å². The normalized spacial score (nSPS) is 36.2. The molecule has 9 atom stereocenters. The minimum absolute atomic E-state index is 0.331. The van der Waals surface area contributed by atoms with Gasteiger partial charge in [-0.05, 0) is 155 Å². The van der Waals surface area contributed by atoms with E-state index >= 15 is 0 Å². The van der Waals surface area contributed by atoms with E-state index < -0.39 is 0 Å². The maximum atomic E-state index is 12.3. The molecular weight excluding hydrogens is 484 g/mol. The summed E-state index contributed by atoms with van der Waals surface area (Å²) in [5.74, 6) is 5.85. The van der Waals surface area contributed by atoms with Crippen LogP contribution < -0.4 is 5.32 Å². The highest BCUT2D eigenvalue weighted by Gasteiger charge is 2.57. The van der Waals surface area contributed by atoms with Crippen LogP contribution in [0.1, 0.15) is 100 Å². The lowest BCUT2D eigenvalue weighted by atomic mass is 9.49. The van der Waals surface area contributed by atoms with E-state index in [2.05, 4.69) is 32.2 Å². The van der Waals surface area contributed by atoms with Crippen LogP contribution in [-0.4, -0.2) is 38.9 Å². The number of rotatable bonds is 9. The van der Waals surface area contributed by atoms with Crippen molar-refractivity contribution in [3.05, 3.63) is 34.9 Å². The number of ether oxygens (including phenoxy) is 2. The highest BCUT2D eigenvalue weighted by Crippen LogP contribution is 2.64. The first kappa shape index (κ1) is 28.6. The second-order valence-electron chi connectivity index (χ2n) is 13.5. The van der Waals surface area contributed by atoms with Crippen molar-refractivity contribution in [2.24, 2.45) is 46.8 Å². The summed E-state index contributed by atoms with van der Waals surface area (Å²) in [6, 6.07) is 7.91. The van der Waals surface area contributed by atoms with Gasteiger partial charge in [-0.15, -0.1) is 0 Å². The molecule has 0 aromatic heterocycles. The first-order valence-electron chi connectivity index (χ1n) is 15.8. The lowest BCUT2D eigenvalue weighted by Crippen LogP contribution is -2.51. The third kappa shape index (κ3) is 5.66. The molecule has 3 unspecified atom stereocenters. The van der Waals surface area contributed by atoms with Gasteiger partial charge in [-0.1, -0.05) is 6.92 Å². The Bertz CT molecular complexity index is 1050. The average Bonchev–Trinajstić information content (AvgIpc) is 3.32. The second kappa shape index (κ2) is 12.3. The van der Waals surface area contributed by atoms with E-state index in [0.29, 0.717) is 28.5 Å². The number of benzene rings is 1. The van der Waals surface area contributed by atoms with Crippen molar-refractivity contribution in [1.82, 2.24) is 5.32 Å². The smallest absolute Gasteiger partial charge is 0.338 e. The Hall–Kier alpha value is -1.90. The summed E-state index contributed by atoms with van der Waals surface area (Å²) < 4.78 is 10.8. The van der Waals surface area contributed by atoms with Gasteiger partial charge in [0.15, 0.2) is 0 Å². The Morgan fingerprint density at radius 1 is 1.13 bits per heavy atom. The summed E-state index contributed by atoms with van der Waals surface area (Å²) in [4.78, 5) is 12.3. The van der Waals surface area contributed by atoms with E-state index in [-0.39, 0.29) is 5.97 Å². The minimum atomic E-state index is -0.331. The van der Waals surface area contributed by atoms with Crippen LogP contribution in [-0.2, 0) is 15.9 Å². The Balaban J connectivity index is 1.19. The summed E-state index contributed by atoms with van der Waals surface area (Å²) in [6.45, 7) is 9.77. The quantitative estimate of drug-likeness (QED) is 0.353. The number of nitriles is 1. The summed E-state index contributed by atoms with van der Waals surface area (Å²) >= 11 is 0. The molecule has 4 fully saturated rings. The van der Waals surface area contributed by atoms with Crippen LogP contribution in [0.2, 0.25) is 0 Å². The molecule has 4 aliphatic rings. The van der Waals surface area contributed by atoms with Gasteiger partial charge in [-0.3, -0.25) is 0 Å². The van der Waals surface area contributed by atoms with Crippen molar-refractivity contribution in [2.75, 3.05) is 26.9 Å². The molecule has 39 heavy (non-hydrogen) atoms. The number of carbonyl (C=O) groups is 1. The molecule has 0 radical (unpaired) electrons. The van der Waals surface area contributed by atoms with E-state index in [1.807, 2.05) is 6.07 Å². The molecule has 1 N–H and O–H groups in total. The highest BCUT2D eigenvalue weighted by molar-refractivity contribution is 5.91. The standard InChI is InChI=1S/C34H50N2O3/c1-5-39-21-24-7-9-27-25(19-24)8-11-30-29(27)14-16-34(3)31(12-13-32(30)34)22(2)36-17-15-26-18-23(20-35)6-10-28(26)33(37)38-4/h6,10,18,22,24-25,27,29-32,36H,5,7-9,11-17,19,21H2,1-4H3/t22-,24+,25-,27+,29?,30-,31?,32?,34-/m1/s1. The average molecular weight is 535 g/mol. The van der Waals surface area contributed by atoms with Crippen LogP contribution in [0.5, 0.6) is 0 Å². The fourth-order valence-electron chi connectivity index (χ4n) is 10.0. The van der Waals surface area contributed by atoms with Gasteiger partial charge in [0.2, 0.25) is 0 Å². The number of methoxy groups -OCH3 is 1. The molecule has 0 saturated heterocycles. The van der Waals surface area contributed by atoms with Crippen LogP contribution in [0.15, 0.2) is 18.2 Å². The van der Waals surface area contributed by atoms with Gasteiger partial charge in [0.1, 0.15) is 0 Å². The van der Waals surface area contributed by atoms with Crippen LogP contribution in [0.25, 0.3) is 0 Å². The van der Waals surface area contributed by atoms with Crippen molar-refractivity contribution in [3.8, 4) is 6.07 Å². The van der Waals surface area contributed by atoms with Crippen LogP contribution >= 0.6 is 0 Å². The zero-order valence-corrected chi connectivity index (χ0v) is 24.7. The molecule has 0 heterocycles. The fraction of sp³-hybridized carbons (Fsp3) is 0.765. The number of nitrogens with one attached hydrogen (secondary N) is 1. The van der Waals surface area contributed by atoms with E-state index in [0.717, 1.165) is 67.3 Å². The molecule has 0 spiro atoms. The first-order chi connectivity index (χ1) is 18.9. The van der Waals surface area contributed by atoms with E-state index in [9.17, 15) is 10.1 Å². The molecular formula is C34H50N2O3. The van der Waals surface area contributed by atoms with Gasteiger partial charge < -0.3 is 14.8 Å². The van der Waals surface area contributed by atoms with Crippen molar-refractivity contribution >= 4 is 5.97 Å². The van der Waals surface area contributed by atoms with Gasteiger partial charge >= 0.3 is 5.97 Å². The minimum Gasteiger partial charge on any atom is -0.465 e. The zero-order valence-electron chi connectivity index (χ0n) is 24.7. The summed E-state index contributed by atoms with van der Waals surface area (Å²) in [6.07, 6.45) is 13.4. The number of carbonyl (C=O) groups excluding carboxylic acids is 1. The van der Waals surface area contributed by atoms with Gasteiger partial charge in [-0.25, -0.2) is 4.79 Å². The lowest BCUT2D eigenvalue weighted by molar-refractivity contribution is -0.0754. The van der Waals surface area contributed by atoms with Crippen LogP contribution in [0, 0.1) is 58.2 Å². The number of fused-ring (bicyclic) bond motifs is 5. The number of esters is 1.